The molecule has 0 aliphatic heterocycles. The summed E-state index contributed by atoms with van der Waals surface area (Å²) in [6.45, 7) is 11.5. The first-order valence-electron chi connectivity index (χ1n) is 8.47. The van der Waals surface area contributed by atoms with Crippen LogP contribution in [0.25, 0.3) is 5.82 Å². The van der Waals surface area contributed by atoms with Crippen LogP contribution in [0.15, 0.2) is 41.1 Å². The summed E-state index contributed by atoms with van der Waals surface area (Å²) in [7, 11) is 0. The Balaban J connectivity index is 1.83. The Kier molecular flexibility index (Phi) is 4.62. The van der Waals surface area contributed by atoms with Crippen LogP contribution in [0.1, 0.15) is 55.6 Å². The highest BCUT2D eigenvalue weighted by atomic mass is 16.3. The third-order valence-electron chi connectivity index (χ3n) is 4.47. The fraction of sp³-hybridized carbons (Fsp3) is 0.421. The van der Waals surface area contributed by atoms with E-state index in [1.807, 2.05) is 18.3 Å². The summed E-state index contributed by atoms with van der Waals surface area (Å²) in [4.78, 5) is 0. The van der Waals surface area contributed by atoms with Crippen molar-refractivity contribution in [2.45, 2.75) is 53.2 Å². The quantitative estimate of drug-likeness (QED) is 0.734. The van der Waals surface area contributed by atoms with Crippen LogP contribution >= 0.6 is 0 Å². The molecule has 3 heterocycles. The molecule has 3 aromatic heterocycles. The van der Waals surface area contributed by atoms with E-state index in [0.29, 0.717) is 6.04 Å². The van der Waals surface area contributed by atoms with Gasteiger partial charge in [-0.15, -0.1) is 0 Å². The Morgan fingerprint density at radius 3 is 2.67 bits per heavy atom. The van der Waals surface area contributed by atoms with Crippen molar-refractivity contribution in [1.82, 2.24) is 19.7 Å². The van der Waals surface area contributed by atoms with Crippen molar-refractivity contribution in [3.8, 4) is 5.82 Å². The molecule has 0 saturated heterocycles. The average molecular weight is 326 g/mol. The van der Waals surface area contributed by atoms with Crippen LogP contribution in [0.4, 0.5) is 0 Å². The van der Waals surface area contributed by atoms with Gasteiger partial charge in [0.25, 0.3) is 0 Å². The molecular weight excluding hydrogens is 300 g/mol. The van der Waals surface area contributed by atoms with Gasteiger partial charge in [0.2, 0.25) is 0 Å². The van der Waals surface area contributed by atoms with Crippen LogP contribution in [0, 0.1) is 13.8 Å². The fourth-order valence-corrected chi connectivity index (χ4v) is 3.14. The molecule has 3 rings (SSSR count). The summed E-state index contributed by atoms with van der Waals surface area (Å²) < 4.78 is 9.80. The molecule has 0 aromatic carbocycles. The third-order valence-corrected chi connectivity index (χ3v) is 4.47. The molecule has 128 valence electrons. The Bertz CT molecular complexity index is 796. The lowest BCUT2D eigenvalue weighted by molar-refractivity contribution is 0.430. The second-order valence-electron chi connectivity index (χ2n) is 6.58. The van der Waals surface area contributed by atoms with Crippen LogP contribution in [0.3, 0.4) is 0 Å². The Morgan fingerprint density at radius 1 is 1.21 bits per heavy atom. The summed E-state index contributed by atoms with van der Waals surface area (Å²) in [5.41, 5.74) is 3.76. The van der Waals surface area contributed by atoms with Gasteiger partial charge in [-0.25, -0.2) is 4.68 Å². The molecule has 0 bridgehead atoms. The first-order valence-corrected chi connectivity index (χ1v) is 8.47. The maximum absolute atomic E-state index is 5.46. The SMILES string of the molecule is Cc1cc(CN[C@H](C)c2ccco2)c(C)n1-c1ccnn1C(C)C. The summed E-state index contributed by atoms with van der Waals surface area (Å²) in [6.07, 6.45) is 3.58. The molecule has 1 atom stereocenters. The van der Waals surface area contributed by atoms with Gasteiger partial charge in [-0.05, 0) is 58.4 Å². The van der Waals surface area contributed by atoms with E-state index in [9.17, 15) is 0 Å². The molecule has 0 unspecified atom stereocenters. The first kappa shape index (κ1) is 16.6. The van der Waals surface area contributed by atoms with Crippen molar-refractivity contribution in [2.75, 3.05) is 0 Å². The maximum Gasteiger partial charge on any atom is 0.135 e. The van der Waals surface area contributed by atoms with Crippen LogP contribution in [0.2, 0.25) is 0 Å². The van der Waals surface area contributed by atoms with E-state index in [1.54, 1.807) is 6.26 Å². The van der Waals surface area contributed by atoms with Gasteiger partial charge in [0.05, 0.1) is 18.5 Å². The summed E-state index contributed by atoms with van der Waals surface area (Å²) in [5.74, 6) is 2.08. The van der Waals surface area contributed by atoms with Gasteiger partial charge in [-0.1, -0.05) is 0 Å². The number of rotatable bonds is 6. The van der Waals surface area contributed by atoms with Gasteiger partial charge in [0.1, 0.15) is 11.6 Å². The number of nitrogens with one attached hydrogen (secondary N) is 1. The minimum atomic E-state index is 0.184. The Hall–Kier alpha value is -2.27. The molecular formula is C19H26N4O. The Morgan fingerprint density at radius 2 is 2.00 bits per heavy atom. The van der Waals surface area contributed by atoms with Crippen molar-refractivity contribution < 1.29 is 4.42 Å². The second kappa shape index (κ2) is 6.69. The molecule has 0 radical (unpaired) electrons. The minimum absolute atomic E-state index is 0.184. The molecule has 24 heavy (non-hydrogen) atoms. The first-order chi connectivity index (χ1) is 11.5. The van der Waals surface area contributed by atoms with Crippen molar-refractivity contribution >= 4 is 0 Å². The van der Waals surface area contributed by atoms with E-state index in [1.165, 1.54) is 17.0 Å². The van der Waals surface area contributed by atoms with E-state index in [-0.39, 0.29) is 6.04 Å². The highest BCUT2D eigenvalue weighted by molar-refractivity contribution is 5.37. The summed E-state index contributed by atoms with van der Waals surface area (Å²) >= 11 is 0. The molecule has 5 nitrogen and oxygen atoms in total. The van der Waals surface area contributed by atoms with Gasteiger partial charge in [-0.3, -0.25) is 0 Å². The third kappa shape index (κ3) is 3.04. The van der Waals surface area contributed by atoms with Crippen molar-refractivity contribution in [2.24, 2.45) is 0 Å². The number of hydrogen-bond acceptors (Lipinski definition) is 3. The molecule has 0 spiro atoms. The van der Waals surface area contributed by atoms with Gasteiger partial charge >= 0.3 is 0 Å². The van der Waals surface area contributed by atoms with E-state index < -0.39 is 0 Å². The number of aromatic nitrogens is 3. The number of furan rings is 1. The minimum Gasteiger partial charge on any atom is -0.468 e. The van der Waals surface area contributed by atoms with Crippen LogP contribution in [0.5, 0.6) is 0 Å². The average Bonchev–Trinajstić information content (AvgIpc) is 3.25. The van der Waals surface area contributed by atoms with Crippen LogP contribution in [-0.2, 0) is 6.54 Å². The molecule has 0 amide bonds. The molecule has 0 saturated carbocycles. The highest BCUT2D eigenvalue weighted by Crippen LogP contribution is 2.23. The largest absolute Gasteiger partial charge is 0.468 e. The number of hydrogen-bond donors (Lipinski definition) is 1. The van der Waals surface area contributed by atoms with Crippen molar-refractivity contribution in [1.29, 1.82) is 0 Å². The van der Waals surface area contributed by atoms with Gasteiger partial charge in [0.15, 0.2) is 0 Å². The fourth-order valence-electron chi connectivity index (χ4n) is 3.14. The standard InChI is InChI=1S/C19H26N4O/c1-13(2)23-19(8-9-21-23)22-14(3)11-17(16(22)5)12-20-15(4)18-7-6-10-24-18/h6-11,13,15,20H,12H2,1-5H3/t15-/m1/s1. The molecule has 0 aliphatic carbocycles. The molecule has 0 aliphatic rings. The zero-order valence-corrected chi connectivity index (χ0v) is 15.1. The molecule has 0 fully saturated rings. The lowest BCUT2D eigenvalue weighted by Gasteiger charge is -2.15. The number of aryl methyl sites for hydroxylation is 1. The van der Waals surface area contributed by atoms with Gasteiger partial charge in [0, 0.05) is 30.0 Å². The predicted octanol–water partition coefficient (Wildman–Crippen LogP) is 4.32. The number of nitrogens with zero attached hydrogens (tertiary/aromatic N) is 3. The van der Waals surface area contributed by atoms with Crippen molar-refractivity contribution in [3.63, 3.8) is 0 Å². The lowest BCUT2D eigenvalue weighted by Crippen LogP contribution is -2.18. The van der Waals surface area contributed by atoms with E-state index in [0.717, 1.165) is 18.1 Å². The monoisotopic (exact) mass is 326 g/mol. The zero-order chi connectivity index (χ0) is 17.3. The smallest absolute Gasteiger partial charge is 0.135 e. The molecule has 5 heteroatoms. The van der Waals surface area contributed by atoms with Gasteiger partial charge in [-0.2, -0.15) is 5.10 Å². The van der Waals surface area contributed by atoms with E-state index in [2.05, 4.69) is 66.4 Å². The van der Waals surface area contributed by atoms with Crippen molar-refractivity contribution in [3.05, 3.63) is 59.4 Å². The highest BCUT2D eigenvalue weighted by Gasteiger charge is 2.16. The van der Waals surface area contributed by atoms with E-state index in [4.69, 9.17) is 4.42 Å². The maximum atomic E-state index is 5.46. The summed E-state index contributed by atoms with van der Waals surface area (Å²) in [5, 5.41) is 8.00. The van der Waals surface area contributed by atoms with Gasteiger partial charge < -0.3 is 14.3 Å². The van der Waals surface area contributed by atoms with Crippen LogP contribution in [-0.4, -0.2) is 14.3 Å². The van der Waals surface area contributed by atoms with Crippen LogP contribution < -0.4 is 5.32 Å². The zero-order valence-electron chi connectivity index (χ0n) is 15.1. The topological polar surface area (TPSA) is 47.9 Å². The lowest BCUT2D eigenvalue weighted by atomic mass is 10.2. The van der Waals surface area contributed by atoms with E-state index >= 15 is 0 Å². The summed E-state index contributed by atoms with van der Waals surface area (Å²) in [6, 6.07) is 8.76. The predicted molar refractivity (Wildman–Crippen MR) is 95.4 cm³/mol. The molecule has 3 aromatic rings. The second-order valence-corrected chi connectivity index (χ2v) is 6.58. The molecule has 1 N–H and O–H groups in total. The Labute approximate surface area is 143 Å². The normalized spacial score (nSPS) is 12.9.